The lowest BCUT2D eigenvalue weighted by molar-refractivity contribution is -0.141. The van der Waals surface area contributed by atoms with Gasteiger partial charge < -0.3 is 0 Å². The van der Waals surface area contributed by atoms with E-state index < -0.39 is 27.3 Å². The van der Waals surface area contributed by atoms with Crippen molar-refractivity contribution in [1.29, 1.82) is 0 Å². The minimum absolute atomic E-state index is 0.0515. The molecule has 0 saturated heterocycles. The van der Waals surface area contributed by atoms with Gasteiger partial charge in [0.25, 0.3) is 0 Å². The van der Waals surface area contributed by atoms with E-state index in [2.05, 4.69) is 10.1 Å². The molecule has 0 amide bonds. The average molecular weight is 427 g/mol. The van der Waals surface area contributed by atoms with Gasteiger partial charge in [0.05, 0.1) is 10.5 Å². The van der Waals surface area contributed by atoms with Crippen molar-refractivity contribution >= 4 is 27.9 Å². The molecule has 146 valence electrons. The molecule has 1 aromatic carbocycles. The first-order valence-corrected chi connectivity index (χ1v) is 10.4. The first-order valence-electron chi connectivity index (χ1n) is 7.66. The summed E-state index contributed by atoms with van der Waals surface area (Å²) in [6.07, 6.45) is -2.74. The zero-order chi connectivity index (χ0) is 20.5. The lowest BCUT2D eigenvalue weighted by Gasteiger charge is -2.07. The smallest absolute Gasteiger partial charge is 0.298 e. The number of halogens is 3. The highest BCUT2D eigenvalue weighted by molar-refractivity contribution is 7.99. The first kappa shape index (κ1) is 20.1. The van der Waals surface area contributed by atoms with Crippen LogP contribution < -0.4 is 0 Å². The molecule has 0 atom stereocenters. The van der Waals surface area contributed by atoms with Gasteiger partial charge in [-0.05, 0) is 24.3 Å². The van der Waals surface area contributed by atoms with Crippen LogP contribution in [-0.2, 0) is 16.0 Å². The Balaban J connectivity index is 2.19. The molecule has 3 rings (SSSR count). The SMILES string of the molecule is CS(=O)(=O)c1ccc(-n2nc(C(F)(F)F)c(C=O)c2Sc2ccccc2)nc1. The van der Waals surface area contributed by atoms with Crippen LogP contribution >= 0.6 is 11.8 Å². The van der Waals surface area contributed by atoms with Crippen molar-refractivity contribution in [3.05, 3.63) is 59.9 Å². The van der Waals surface area contributed by atoms with Gasteiger partial charge in [-0.15, -0.1) is 0 Å². The van der Waals surface area contributed by atoms with Crippen molar-refractivity contribution in [2.24, 2.45) is 0 Å². The Morgan fingerprint density at radius 2 is 1.79 bits per heavy atom. The predicted molar refractivity (Wildman–Crippen MR) is 95.4 cm³/mol. The van der Waals surface area contributed by atoms with Crippen molar-refractivity contribution in [3.63, 3.8) is 0 Å². The van der Waals surface area contributed by atoms with Gasteiger partial charge in [-0.1, -0.05) is 30.0 Å². The van der Waals surface area contributed by atoms with E-state index >= 15 is 0 Å². The Labute approximate surface area is 162 Å². The fourth-order valence-corrected chi connectivity index (χ4v) is 3.85. The molecule has 0 radical (unpaired) electrons. The number of sulfone groups is 1. The monoisotopic (exact) mass is 427 g/mol. The van der Waals surface area contributed by atoms with Gasteiger partial charge in [0.1, 0.15) is 5.03 Å². The number of rotatable bonds is 5. The molecule has 0 N–H and O–H groups in total. The summed E-state index contributed by atoms with van der Waals surface area (Å²) in [5.74, 6) is -0.0515. The van der Waals surface area contributed by atoms with Crippen LogP contribution in [0.3, 0.4) is 0 Å². The summed E-state index contributed by atoms with van der Waals surface area (Å²) in [5, 5.41) is 3.46. The summed E-state index contributed by atoms with van der Waals surface area (Å²) in [4.78, 5) is 15.9. The Kier molecular flexibility index (Phi) is 5.31. The zero-order valence-electron chi connectivity index (χ0n) is 14.2. The van der Waals surface area contributed by atoms with Gasteiger partial charge in [-0.3, -0.25) is 4.79 Å². The van der Waals surface area contributed by atoms with Crippen LogP contribution in [0.15, 0.2) is 63.5 Å². The Morgan fingerprint density at radius 3 is 2.29 bits per heavy atom. The fraction of sp³-hybridized carbons (Fsp3) is 0.118. The Hall–Kier alpha value is -2.66. The van der Waals surface area contributed by atoms with E-state index in [1.807, 2.05) is 0 Å². The van der Waals surface area contributed by atoms with Gasteiger partial charge in [0, 0.05) is 17.3 Å². The average Bonchev–Trinajstić information content (AvgIpc) is 3.00. The number of alkyl halides is 3. The van der Waals surface area contributed by atoms with Crippen LogP contribution in [0.2, 0.25) is 0 Å². The van der Waals surface area contributed by atoms with Gasteiger partial charge in [-0.2, -0.15) is 18.3 Å². The third-order valence-corrected chi connectivity index (χ3v) is 5.78. The third kappa shape index (κ3) is 4.09. The highest BCUT2D eigenvalue weighted by atomic mass is 32.2. The number of aldehydes is 1. The maximum Gasteiger partial charge on any atom is 0.435 e. The molecule has 2 heterocycles. The second-order valence-electron chi connectivity index (χ2n) is 5.63. The maximum absolute atomic E-state index is 13.4. The Morgan fingerprint density at radius 1 is 1.11 bits per heavy atom. The second-order valence-corrected chi connectivity index (χ2v) is 8.71. The lowest BCUT2D eigenvalue weighted by Crippen LogP contribution is -2.10. The fourth-order valence-electron chi connectivity index (χ4n) is 2.30. The molecule has 3 aromatic rings. The van der Waals surface area contributed by atoms with Crippen LogP contribution in [-0.4, -0.2) is 35.7 Å². The summed E-state index contributed by atoms with van der Waals surface area (Å²) in [7, 11) is -3.52. The topological polar surface area (TPSA) is 81.9 Å². The molecule has 0 fully saturated rings. The summed E-state index contributed by atoms with van der Waals surface area (Å²) < 4.78 is 64.1. The summed E-state index contributed by atoms with van der Waals surface area (Å²) in [5.41, 5.74) is -1.95. The minimum Gasteiger partial charge on any atom is -0.298 e. The maximum atomic E-state index is 13.4. The van der Waals surface area contributed by atoms with Crippen LogP contribution in [0, 0.1) is 0 Å². The normalized spacial score (nSPS) is 12.1. The van der Waals surface area contributed by atoms with Gasteiger partial charge >= 0.3 is 6.18 Å². The van der Waals surface area contributed by atoms with E-state index in [0.29, 0.717) is 4.90 Å². The van der Waals surface area contributed by atoms with E-state index in [0.717, 1.165) is 28.9 Å². The second kappa shape index (κ2) is 7.40. The van der Waals surface area contributed by atoms with Gasteiger partial charge in [0.2, 0.25) is 0 Å². The summed E-state index contributed by atoms with van der Waals surface area (Å²) in [6.45, 7) is 0. The summed E-state index contributed by atoms with van der Waals surface area (Å²) >= 11 is 0.918. The number of nitrogens with zero attached hydrogens (tertiary/aromatic N) is 3. The molecule has 0 unspecified atom stereocenters. The van der Waals surface area contributed by atoms with Crippen LogP contribution in [0.4, 0.5) is 13.2 Å². The largest absolute Gasteiger partial charge is 0.435 e. The molecular weight excluding hydrogens is 415 g/mol. The minimum atomic E-state index is -4.85. The van der Waals surface area contributed by atoms with Crippen LogP contribution in [0.25, 0.3) is 5.82 Å². The number of pyridine rings is 1. The molecule has 0 saturated carbocycles. The van der Waals surface area contributed by atoms with E-state index in [9.17, 15) is 26.4 Å². The molecule has 0 aliphatic rings. The zero-order valence-corrected chi connectivity index (χ0v) is 15.8. The van der Waals surface area contributed by atoms with Gasteiger partial charge in [0.15, 0.2) is 27.6 Å². The lowest BCUT2D eigenvalue weighted by atomic mass is 10.2. The van der Waals surface area contributed by atoms with Gasteiger partial charge in [-0.25, -0.2) is 18.1 Å². The third-order valence-electron chi connectivity index (χ3n) is 3.59. The molecule has 6 nitrogen and oxygen atoms in total. The van der Waals surface area contributed by atoms with Crippen molar-refractivity contribution in [1.82, 2.24) is 14.8 Å². The molecule has 0 aliphatic heterocycles. The van der Waals surface area contributed by atoms with Crippen molar-refractivity contribution in [2.75, 3.05) is 6.26 Å². The number of hydrogen-bond acceptors (Lipinski definition) is 6. The number of benzene rings is 1. The number of aromatic nitrogens is 3. The first-order chi connectivity index (χ1) is 13.1. The molecular formula is C17H12F3N3O3S2. The van der Waals surface area contributed by atoms with Crippen molar-refractivity contribution in [2.45, 2.75) is 21.0 Å². The van der Waals surface area contributed by atoms with E-state index in [4.69, 9.17) is 0 Å². The van der Waals surface area contributed by atoms with Crippen molar-refractivity contribution < 1.29 is 26.4 Å². The molecule has 0 bridgehead atoms. The quantitative estimate of drug-likeness (QED) is 0.578. The van der Waals surface area contributed by atoms with Crippen LogP contribution in [0.1, 0.15) is 16.1 Å². The summed E-state index contributed by atoms with van der Waals surface area (Å²) in [6, 6.07) is 10.9. The highest BCUT2D eigenvalue weighted by Crippen LogP contribution is 2.38. The molecule has 28 heavy (non-hydrogen) atoms. The van der Waals surface area contributed by atoms with E-state index in [1.165, 1.54) is 12.1 Å². The Bertz CT molecular complexity index is 1110. The van der Waals surface area contributed by atoms with E-state index in [-0.39, 0.29) is 22.0 Å². The highest BCUT2D eigenvalue weighted by Gasteiger charge is 2.39. The van der Waals surface area contributed by atoms with Crippen LogP contribution in [0.5, 0.6) is 0 Å². The number of carbonyl (C=O) groups is 1. The van der Waals surface area contributed by atoms with E-state index in [1.54, 1.807) is 30.3 Å². The standard InChI is InChI=1S/C17H12F3N3O3S2/c1-28(25,26)12-7-8-14(21-9-12)23-16(27-11-5-3-2-4-6-11)13(10-24)15(22-23)17(18,19)20/h2-10H,1H3. The molecule has 0 spiro atoms. The predicted octanol–water partition coefficient (Wildman–Crippen LogP) is 3.65. The molecule has 2 aromatic heterocycles. The number of carbonyl (C=O) groups excluding carboxylic acids is 1. The molecule has 0 aliphatic carbocycles. The number of hydrogen-bond donors (Lipinski definition) is 0. The van der Waals surface area contributed by atoms with Crippen molar-refractivity contribution in [3.8, 4) is 5.82 Å². The molecule has 11 heteroatoms.